The smallest absolute Gasteiger partial charge is 0.426 e. The minimum Gasteiger partial charge on any atom is -0.426 e. The fraction of sp³-hybridized carbons (Fsp3) is 0.133. The van der Waals surface area contributed by atoms with Crippen molar-refractivity contribution in [3.05, 3.63) is 59.9 Å². The van der Waals surface area contributed by atoms with E-state index in [0.29, 0.717) is 11.1 Å². The molecule has 0 fully saturated rings. The Morgan fingerprint density at radius 3 is 2.43 bits per heavy atom. The van der Waals surface area contributed by atoms with E-state index in [2.05, 4.69) is 5.32 Å². The molecule has 0 aliphatic heterocycles. The molecule has 3 N–H and O–H groups in total. The monoisotopic (exact) mass is 287 g/mol. The van der Waals surface area contributed by atoms with E-state index in [1.807, 2.05) is 6.07 Å². The van der Waals surface area contributed by atoms with Crippen molar-refractivity contribution in [2.75, 3.05) is 0 Å². The first-order chi connectivity index (χ1) is 10.0. The lowest BCUT2D eigenvalue weighted by molar-refractivity contribution is 0.0941. The third-order valence-corrected chi connectivity index (χ3v) is 3.13. The van der Waals surface area contributed by atoms with E-state index < -0.39 is 24.8 Å². The summed E-state index contributed by atoms with van der Waals surface area (Å²) in [5.74, 6) is -2.25. The van der Waals surface area contributed by atoms with Gasteiger partial charge in [0, 0.05) is 0 Å². The summed E-state index contributed by atoms with van der Waals surface area (Å²) >= 11 is 0. The van der Waals surface area contributed by atoms with Crippen LogP contribution in [0.2, 0.25) is 0 Å². The molecule has 0 aromatic heterocycles. The molecule has 1 atom stereocenters. The molecular formula is C15H15BFNO3. The van der Waals surface area contributed by atoms with E-state index in [0.717, 1.165) is 0 Å². The van der Waals surface area contributed by atoms with Crippen molar-refractivity contribution in [2.24, 2.45) is 0 Å². The van der Waals surface area contributed by atoms with Crippen LogP contribution in [0, 0.1) is 5.82 Å². The van der Waals surface area contributed by atoms with Gasteiger partial charge in [-0.25, -0.2) is 4.39 Å². The van der Waals surface area contributed by atoms with Crippen molar-refractivity contribution >= 4 is 13.0 Å². The Labute approximate surface area is 122 Å². The van der Waals surface area contributed by atoms with Gasteiger partial charge in [-0.1, -0.05) is 42.5 Å². The molecule has 108 valence electrons. The topological polar surface area (TPSA) is 69.6 Å². The Bertz CT molecular complexity index is 634. The van der Waals surface area contributed by atoms with E-state index in [4.69, 9.17) is 10.0 Å². The van der Waals surface area contributed by atoms with Crippen LogP contribution >= 0.6 is 0 Å². The molecule has 0 unspecified atom stereocenters. The molecule has 4 nitrogen and oxygen atoms in total. The van der Waals surface area contributed by atoms with E-state index in [-0.39, 0.29) is 5.56 Å². The van der Waals surface area contributed by atoms with Crippen molar-refractivity contribution in [1.82, 2.24) is 5.32 Å². The van der Waals surface area contributed by atoms with Gasteiger partial charge in [0.25, 0.3) is 5.91 Å². The SMILES string of the molecule is C[C@@H](NC(=O)c1c(F)cccc1-c1ccccc1)B(O)O. The Morgan fingerprint density at radius 2 is 1.81 bits per heavy atom. The lowest BCUT2D eigenvalue weighted by Crippen LogP contribution is -2.44. The number of carbonyl (C=O) groups is 1. The number of hydrogen-bond donors (Lipinski definition) is 3. The Balaban J connectivity index is 2.41. The van der Waals surface area contributed by atoms with Gasteiger partial charge in [-0.3, -0.25) is 4.79 Å². The van der Waals surface area contributed by atoms with E-state index >= 15 is 0 Å². The summed E-state index contributed by atoms with van der Waals surface area (Å²) in [5.41, 5.74) is 1.04. The number of carbonyl (C=O) groups excluding carboxylic acids is 1. The summed E-state index contributed by atoms with van der Waals surface area (Å²) in [6, 6.07) is 13.3. The maximum absolute atomic E-state index is 14.1. The molecule has 2 aromatic carbocycles. The molecule has 0 saturated carbocycles. The van der Waals surface area contributed by atoms with Crippen LogP contribution in [-0.4, -0.2) is 29.0 Å². The van der Waals surface area contributed by atoms with Crippen molar-refractivity contribution in [3.8, 4) is 11.1 Å². The molecule has 0 aliphatic carbocycles. The number of halogens is 1. The van der Waals surface area contributed by atoms with Crippen molar-refractivity contribution in [1.29, 1.82) is 0 Å². The quantitative estimate of drug-likeness (QED) is 0.748. The van der Waals surface area contributed by atoms with Crippen molar-refractivity contribution < 1.29 is 19.2 Å². The summed E-state index contributed by atoms with van der Waals surface area (Å²) in [5, 5.41) is 20.4. The van der Waals surface area contributed by atoms with Gasteiger partial charge >= 0.3 is 7.12 Å². The van der Waals surface area contributed by atoms with Gasteiger partial charge < -0.3 is 15.4 Å². The highest BCUT2D eigenvalue weighted by Gasteiger charge is 2.24. The van der Waals surface area contributed by atoms with Gasteiger partial charge in [0.15, 0.2) is 0 Å². The second kappa shape index (κ2) is 6.52. The highest BCUT2D eigenvalue weighted by Crippen LogP contribution is 2.25. The summed E-state index contributed by atoms with van der Waals surface area (Å²) in [7, 11) is -1.71. The van der Waals surface area contributed by atoms with Gasteiger partial charge in [-0.15, -0.1) is 0 Å². The van der Waals surface area contributed by atoms with E-state index in [1.165, 1.54) is 19.1 Å². The number of nitrogens with one attached hydrogen (secondary N) is 1. The third-order valence-electron chi connectivity index (χ3n) is 3.13. The molecule has 0 bridgehead atoms. The predicted octanol–water partition coefficient (Wildman–Crippen LogP) is 1.62. The molecule has 21 heavy (non-hydrogen) atoms. The second-order valence-corrected chi connectivity index (χ2v) is 4.70. The van der Waals surface area contributed by atoms with Crippen LogP contribution in [0.15, 0.2) is 48.5 Å². The van der Waals surface area contributed by atoms with Crippen LogP contribution in [0.3, 0.4) is 0 Å². The fourth-order valence-corrected chi connectivity index (χ4v) is 1.97. The first kappa shape index (κ1) is 15.2. The average Bonchev–Trinajstić information content (AvgIpc) is 2.47. The molecule has 2 aromatic rings. The van der Waals surface area contributed by atoms with Gasteiger partial charge in [0.2, 0.25) is 0 Å². The Hall–Kier alpha value is -2.18. The van der Waals surface area contributed by atoms with Gasteiger partial charge in [-0.2, -0.15) is 0 Å². The lowest BCUT2D eigenvalue weighted by atomic mass is 9.81. The molecule has 0 aliphatic rings. The first-order valence-corrected chi connectivity index (χ1v) is 6.51. The predicted molar refractivity (Wildman–Crippen MR) is 79.0 cm³/mol. The van der Waals surface area contributed by atoms with Crippen LogP contribution in [0.4, 0.5) is 4.39 Å². The largest absolute Gasteiger partial charge is 0.475 e. The zero-order valence-corrected chi connectivity index (χ0v) is 11.5. The highest BCUT2D eigenvalue weighted by atomic mass is 19.1. The summed E-state index contributed by atoms with van der Waals surface area (Å²) in [4.78, 5) is 12.2. The minimum atomic E-state index is -1.71. The summed E-state index contributed by atoms with van der Waals surface area (Å²) in [6.45, 7) is 1.42. The maximum atomic E-state index is 14.1. The molecule has 6 heteroatoms. The van der Waals surface area contributed by atoms with Crippen molar-refractivity contribution in [2.45, 2.75) is 12.9 Å². The number of amides is 1. The number of hydrogen-bond acceptors (Lipinski definition) is 3. The standard InChI is InChI=1S/C15H15BFNO3/c1-10(16(20)21)18-15(19)14-12(8-5-9-13(14)17)11-6-3-2-4-7-11/h2-10,20-21H,1H3,(H,18,19)/t10-/m1/s1. The molecule has 1 amide bonds. The van der Waals surface area contributed by atoms with Crippen LogP contribution in [0.25, 0.3) is 11.1 Å². The summed E-state index contributed by atoms with van der Waals surface area (Å²) < 4.78 is 14.1. The second-order valence-electron chi connectivity index (χ2n) is 4.70. The zero-order valence-electron chi connectivity index (χ0n) is 11.5. The summed E-state index contributed by atoms with van der Waals surface area (Å²) in [6.07, 6.45) is 0. The molecule has 0 spiro atoms. The third kappa shape index (κ3) is 3.48. The van der Waals surface area contributed by atoms with Crippen LogP contribution in [0.5, 0.6) is 0 Å². The minimum absolute atomic E-state index is 0.115. The molecule has 0 saturated heterocycles. The maximum Gasteiger partial charge on any atom is 0.475 e. The van der Waals surface area contributed by atoms with Crippen molar-refractivity contribution in [3.63, 3.8) is 0 Å². The number of rotatable bonds is 4. The molecule has 0 heterocycles. The molecular weight excluding hydrogens is 272 g/mol. The lowest BCUT2D eigenvalue weighted by Gasteiger charge is -2.15. The highest BCUT2D eigenvalue weighted by molar-refractivity contribution is 6.43. The van der Waals surface area contributed by atoms with E-state index in [9.17, 15) is 9.18 Å². The van der Waals surface area contributed by atoms with Crippen LogP contribution in [-0.2, 0) is 0 Å². The van der Waals surface area contributed by atoms with Crippen LogP contribution < -0.4 is 5.32 Å². The van der Waals surface area contributed by atoms with Crippen LogP contribution in [0.1, 0.15) is 17.3 Å². The molecule has 0 radical (unpaired) electrons. The van der Waals surface area contributed by atoms with E-state index in [1.54, 1.807) is 30.3 Å². The normalized spacial score (nSPS) is 11.8. The van der Waals surface area contributed by atoms with Gasteiger partial charge in [0.1, 0.15) is 5.82 Å². The number of benzene rings is 2. The first-order valence-electron chi connectivity index (χ1n) is 6.51. The fourth-order valence-electron chi connectivity index (χ4n) is 1.97. The Morgan fingerprint density at radius 1 is 1.14 bits per heavy atom. The molecule has 2 rings (SSSR count). The van der Waals surface area contributed by atoms with Gasteiger partial charge in [-0.05, 0) is 24.1 Å². The zero-order chi connectivity index (χ0) is 15.4. The average molecular weight is 287 g/mol. The Kier molecular flexibility index (Phi) is 4.72. The van der Waals surface area contributed by atoms with Gasteiger partial charge in [0.05, 0.1) is 11.5 Å².